The number of amides is 1. The van der Waals surface area contributed by atoms with Crippen LogP contribution in [0.4, 0.5) is 5.82 Å². The van der Waals surface area contributed by atoms with E-state index in [4.69, 9.17) is 4.74 Å². The lowest BCUT2D eigenvalue weighted by atomic mass is 10.2. The summed E-state index contributed by atoms with van der Waals surface area (Å²) in [4.78, 5) is 11.9. The molecular formula is C15H17N3O2. The van der Waals surface area contributed by atoms with Gasteiger partial charge in [-0.05, 0) is 19.1 Å². The highest BCUT2D eigenvalue weighted by Gasteiger charge is 2.04. The summed E-state index contributed by atoms with van der Waals surface area (Å²) in [7, 11) is 3.39. The van der Waals surface area contributed by atoms with Crippen molar-refractivity contribution in [3.8, 4) is 5.75 Å². The highest BCUT2D eigenvalue weighted by atomic mass is 16.5. The number of para-hydroxylation sites is 1. The predicted molar refractivity (Wildman–Crippen MR) is 78.6 cm³/mol. The maximum Gasteiger partial charge on any atom is 0.249 e. The lowest BCUT2D eigenvalue weighted by molar-refractivity contribution is -0.111. The molecule has 0 saturated heterocycles. The number of hydrogen-bond acceptors (Lipinski definition) is 3. The van der Waals surface area contributed by atoms with Crippen LogP contribution in [0.5, 0.6) is 5.75 Å². The first-order valence-electron chi connectivity index (χ1n) is 6.23. The maximum absolute atomic E-state index is 11.9. The van der Waals surface area contributed by atoms with Crippen molar-refractivity contribution >= 4 is 17.8 Å². The molecular weight excluding hydrogens is 254 g/mol. The Bertz CT molecular complexity index is 644. The monoisotopic (exact) mass is 271 g/mol. The van der Waals surface area contributed by atoms with Crippen molar-refractivity contribution in [3.05, 3.63) is 47.7 Å². The molecule has 20 heavy (non-hydrogen) atoms. The molecule has 1 amide bonds. The summed E-state index contributed by atoms with van der Waals surface area (Å²) in [6.45, 7) is 1.88. The number of methoxy groups -OCH3 is 1. The van der Waals surface area contributed by atoms with Gasteiger partial charge in [-0.15, -0.1) is 0 Å². The van der Waals surface area contributed by atoms with Crippen molar-refractivity contribution in [2.24, 2.45) is 7.05 Å². The zero-order valence-corrected chi connectivity index (χ0v) is 11.8. The Morgan fingerprint density at radius 3 is 2.80 bits per heavy atom. The van der Waals surface area contributed by atoms with Crippen LogP contribution in [-0.2, 0) is 11.8 Å². The van der Waals surface area contributed by atoms with E-state index in [0.717, 1.165) is 17.0 Å². The number of benzene rings is 1. The number of nitrogens with one attached hydrogen (secondary N) is 1. The van der Waals surface area contributed by atoms with Crippen LogP contribution < -0.4 is 10.1 Å². The van der Waals surface area contributed by atoms with Crippen LogP contribution in [0.3, 0.4) is 0 Å². The van der Waals surface area contributed by atoms with Gasteiger partial charge in [0, 0.05) is 24.8 Å². The molecule has 104 valence electrons. The molecule has 1 aromatic heterocycles. The number of ether oxygens (including phenoxy) is 1. The minimum absolute atomic E-state index is 0.209. The molecule has 0 spiro atoms. The number of anilines is 1. The smallest absolute Gasteiger partial charge is 0.249 e. The van der Waals surface area contributed by atoms with E-state index in [1.807, 2.05) is 37.3 Å². The average molecular weight is 271 g/mol. The van der Waals surface area contributed by atoms with E-state index in [0.29, 0.717) is 5.82 Å². The molecule has 0 radical (unpaired) electrons. The molecule has 5 heteroatoms. The third-order valence-corrected chi connectivity index (χ3v) is 2.81. The summed E-state index contributed by atoms with van der Waals surface area (Å²) in [5.74, 6) is 1.18. The minimum atomic E-state index is -0.209. The van der Waals surface area contributed by atoms with Crippen LogP contribution in [-0.4, -0.2) is 22.8 Å². The van der Waals surface area contributed by atoms with Crippen LogP contribution in [0.25, 0.3) is 6.08 Å². The minimum Gasteiger partial charge on any atom is -0.496 e. The van der Waals surface area contributed by atoms with Crippen molar-refractivity contribution < 1.29 is 9.53 Å². The van der Waals surface area contributed by atoms with Crippen LogP contribution >= 0.6 is 0 Å². The molecule has 0 aliphatic carbocycles. The Morgan fingerprint density at radius 1 is 1.40 bits per heavy atom. The largest absolute Gasteiger partial charge is 0.496 e. The second-order valence-electron chi connectivity index (χ2n) is 4.36. The molecule has 1 aromatic carbocycles. The van der Waals surface area contributed by atoms with E-state index in [9.17, 15) is 4.79 Å². The van der Waals surface area contributed by atoms with Gasteiger partial charge in [-0.2, -0.15) is 5.10 Å². The first-order valence-corrected chi connectivity index (χ1v) is 6.23. The molecule has 2 aromatic rings. The number of hydrogen-bond donors (Lipinski definition) is 1. The van der Waals surface area contributed by atoms with Crippen molar-refractivity contribution in [3.63, 3.8) is 0 Å². The first kappa shape index (κ1) is 13.9. The SMILES string of the molecule is COc1ccccc1/C=C/C(=O)Nc1cc(C)nn1C. The van der Waals surface area contributed by atoms with Crippen LogP contribution in [0.1, 0.15) is 11.3 Å². The van der Waals surface area contributed by atoms with Gasteiger partial charge >= 0.3 is 0 Å². The first-order chi connectivity index (χ1) is 9.60. The molecule has 0 fully saturated rings. The van der Waals surface area contributed by atoms with Gasteiger partial charge in [0.05, 0.1) is 12.8 Å². The maximum atomic E-state index is 11.9. The summed E-state index contributed by atoms with van der Waals surface area (Å²) in [5, 5.41) is 6.94. The van der Waals surface area contributed by atoms with Gasteiger partial charge < -0.3 is 10.1 Å². The Morgan fingerprint density at radius 2 is 2.15 bits per heavy atom. The van der Waals surface area contributed by atoms with Crippen molar-refractivity contribution in [2.45, 2.75) is 6.92 Å². The van der Waals surface area contributed by atoms with Gasteiger partial charge in [0.25, 0.3) is 0 Å². The number of carbonyl (C=O) groups excluding carboxylic acids is 1. The fourth-order valence-electron chi connectivity index (χ4n) is 1.87. The number of aromatic nitrogens is 2. The Hall–Kier alpha value is -2.56. The van der Waals surface area contributed by atoms with Gasteiger partial charge in [-0.1, -0.05) is 18.2 Å². The van der Waals surface area contributed by atoms with Gasteiger partial charge in [-0.3, -0.25) is 9.48 Å². The number of aryl methyl sites for hydroxylation is 2. The molecule has 1 N–H and O–H groups in total. The summed E-state index contributed by atoms with van der Waals surface area (Å²) < 4.78 is 6.85. The molecule has 0 aliphatic rings. The molecule has 0 aliphatic heterocycles. The van der Waals surface area contributed by atoms with Gasteiger partial charge in [0.1, 0.15) is 11.6 Å². The second kappa shape index (κ2) is 6.06. The van der Waals surface area contributed by atoms with Gasteiger partial charge in [-0.25, -0.2) is 0 Å². The lowest BCUT2D eigenvalue weighted by Crippen LogP contribution is -2.11. The molecule has 2 rings (SSSR count). The third-order valence-electron chi connectivity index (χ3n) is 2.81. The summed E-state index contributed by atoms with van der Waals surface area (Å²) in [5.41, 5.74) is 1.71. The highest BCUT2D eigenvalue weighted by Crippen LogP contribution is 2.18. The molecule has 0 unspecified atom stereocenters. The second-order valence-corrected chi connectivity index (χ2v) is 4.36. The Labute approximate surface area is 117 Å². The fourth-order valence-corrected chi connectivity index (χ4v) is 1.87. The van der Waals surface area contributed by atoms with Gasteiger partial charge in [0.15, 0.2) is 0 Å². The van der Waals surface area contributed by atoms with E-state index >= 15 is 0 Å². The average Bonchev–Trinajstić information content (AvgIpc) is 2.75. The number of rotatable bonds is 4. The molecule has 0 atom stereocenters. The Kier molecular flexibility index (Phi) is 4.20. The van der Waals surface area contributed by atoms with Crippen molar-refractivity contribution in [1.82, 2.24) is 9.78 Å². The van der Waals surface area contributed by atoms with E-state index in [1.54, 1.807) is 24.9 Å². The van der Waals surface area contributed by atoms with E-state index in [-0.39, 0.29) is 5.91 Å². The zero-order valence-electron chi connectivity index (χ0n) is 11.8. The van der Waals surface area contributed by atoms with Crippen molar-refractivity contribution in [2.75, 3.05) is 12.4 Å². The van der Waals surface area contributed by atoms with Crippen LogP contribution in [0.15, 0.2) is 36.4 Å². The van der Waals surface area contributed by atoms with Crippen molar-refractivity contribution in [1.29, 1.82) is 0 Å². The normalized spacial score (nSPS) is 10.8. The van der Waals surface area contributed by atoms with E-state index in [2.05, 4.69) is 10.4 Å². The van der Waals surface area contributed by atoms with E-state index in [1.165, 1.54) is 6.08 Å². The third kappa shape index (κ3) is 3.26. The molecule has 0 bridgehead atoms. The predicted octanol–water partition coefficient (Wildman–Crippen LogP) is 2.39. The zero-order chi connectivity index (χ0) is 14.5. The molecule has 1 heterocycles. The van der Waals surface area contributed by atoms with Crippen LogP contribution in [0, 0.1) is 6.92 Å². The standard InChI is InChI=1S/C15H17N3O2/c1-11-10-14(18(2)17-11)16-15(19)9-8-12-6-4-5-7-13(12)20-3/h4-10H,1-3H3,(H,16,19)/b9-8+. The number of nitrogens with zero attached hydrogens (tertiary/aromatic N) is 2. The van der Waals surface area contributed by atoms with E-state index < -0.39 is 0 Å². The summed E-state index contributed by atoms with van der Waals surface area (Å²) in [6, 6.07) is 9.33. The number of carbonyl (C=O) groups is 1. The lowest BCUT2D eigenvalue weighted by Gasteiger charge is -2.04. The summed E-state index contributed by atoms with van der Waals surface area (Å²) in [6.07, 6.45) is 3.19. The summed E-state index contributed by atoms with van der Waals surface area (Å²) >= 11 is 0. The highest BCUT2D eigenvalue weighted by molar-refractivity contribution is 6.01. The molecule has 5 nitrogen and oxygen atoms in total. The molecule has 0 saturated carbocycles. The quantitative estimate of drug-likeness (QED) is 0.869. The fraction of sp³-hybridized carbons (Fsp3) is 0.200. The van der Waals surface area contributed by atoms with Crippen LogP contribution in [0.2, 0.25) is 0 Å². The van der Waals surface area contributed by atoms with Gasteiger partial charge in [0.2, 0.25) is 5.91 Å². The Balaban J connectivity index is 2.08. The topological polar surface area (TPSA) is 56.1 Å².